The number of hydrogen-bond donors (Lipinski definition) is 6. The largest absolute Gasteiger partial charge is 0.504 e. The summed E-state index contributed by atoms with van der Waals surface area (Å²) in [6.07, 6.45) is -4.05. The number of phenols is 2. The zero-order chi connectivity index (χ0) is 26.3. The molecule has 13 nitrogen and oxygen atoms in total. The van der Waals surface area contributed by atoms with Gasteiger partial charge in [-0.1, -0.05) is 6.58 Å². The third-order valence-corrected chi connectivity index (χ3v) is 5.33. The molecular formula is C22H28O13. The number of methoxy groups -OCH3 is 1. The fraction of sp³-hybridized carbons (Fsp3) is 0.500. The molecule has 1 aromatic carbocycles. The van der Waals surface area contributed by atoms with Crippen molar-refractivity contribution in [1.82, 2.24) is 0 Å². The summed E-state index contributed by atoms with van der Waals surface area (Å²) in [5, 5.41) is 57.6. The van der Waals surface area contributed by atoms with Crippen LogP contribution < -0.4 is 4.74 Å². The van der Waals surface area contributed by atoms with E-state index in [0.717, 1.165) is 12.3 Å². The van der Waals surface area contributed by atoms with Crippen LogP contribution in [0.15, 0.2) is 18.9 Å². The van der Waals surface area contributed by atoms with Gasteiger partial charge in [-0.05, 0) is 18.9 Å². The van der Waals surface area contributed by atoms with E-state index in [2.05, 4.69) is 11.3 Å². The number of carbonyl (C=O) groups is 3. The van der Waals surface area contributed by atoms with Gasteiger partial charge in [0.1, 0.15) is 24.4 Å². The van der Waals surface area contributed by atoms with Gasteiger partial charge >= 0.3 is 17.9 Å². The molecular weight excluding hydrogens is 472 g/mol. The van der Waals surface area contributed by atoms with Gasteiger partial charge in [-0.25, -0.2) is 4.79 Å². The molecule has 13 heteroatoms. The van der Waals surface area contributed by atoms with Crippen molar-refractivity contribution in [2.24, 2.45) is 0 Å². The number of esters is 2. The number of ether oxygens (including phenoxy) is 4. The number of aliphatic hydroxyl groups excluding tert-OH is 3. The Morgan fingerprint density at radius 3 is 2.40 bits per heavy atom. The molecule has 0 amide bonds. The molecule has 1 fully saturated rings. The summed E-state index contributed by atoms with van der Waals surface area (Å²) in [5.74, 6) is -3.36. The van der Waals surface area contributed by atoms with Gasteiger partial charge in [0.15, 0.2) is 17.6 Å². The molecule has 0 aromatic heterocycles. The zero-order valence-corrected chi connectivity index (χ0v) is 18.8. The lowest BCUT2D eigenvalue weighted by atomic mass is 9.86. The highest BCUT2D eigenvalue weighted by Crippen LogP contribution is 2.49. The standard InChI is InChI=1S/C14H16O9.C8H12O4/c1-21-11-5(16)2-4-7(9(11)18)12-13(23-14(4)20)10(19)8(17)6(3-15)22-12;1-2-12-8(11)6-4-3-5-7(9)10/h2,6,8,10,12-13,15-19H,3H2,1H3;2H,1,3-6H2,(H,9,10). The van der Waals surface area contributed by atoms with Gasteiger partial charge < -0.3 is 49.6 Å². The maximum absolute atomic E-state index is 12.1. The van der Waals surface area contributed by atoms with E-state index >= 15 is 0 Å². The van der Waals surface area contributed by atoms with Crippen molar-refractivity contribution in [3.05, 3.63) is 30.0 Å². The number of phenolic OH excluding ortho intramolecular Hbond substituents is 2. The number of carboxylic acid groups (broad SMARTS) is 1. The third-order valence-electron chi connectivity index (χ3n) is 5.33. The average Bonchev–Trinajstić information content (AvgIpc) is 2.80. The molecule has 5 unspecified atom stereocenters. The molecule has 0 spiro atoms. The quantitative estimate of drug-likeness (QED) is 0.159. The van der Waals surface area contributed by atoms with Gasteiger partial charge in [0.05, 0.1) is 25.5 Å². The maximum atomic E-state index is 12.1. The van der Waals surface area contributed by atoms with Crippen LogP contribution in [0.25, 0.3) is 0 Å². The number of hydrogen-bond acceptors (Lipinski definition) is 12. The minimum Gasteiger partial charge on any atom is -0.504 e. The topological polar surface area (TPSA) is 210 Å². The van der Waals surface area contributed by atoms with Crippen molar-refractivity contribution in [1.29, 1.82) is 0 Å². The maximum Gasteiger partial charge on any atom is 0.339 e. The van der Waals surface area contributed by atoms with Crippen molar-refractivity contribution < 1.29 is 64.0 Å². The van der Waals surface area contributed by atoms with Crippen LogP contribution in [-0.4, -0.2) is 86.7 Å². The van der Waals surface area contributed by atoms with Crippen LogP contribution in [0.2, 0.25) is 0 Å². The number of unbranched alkanes of at least 4 members (excludes halogenated alkanes) is 1. The van der Waals surface area contributed by atoms with Gasteiger partial charge in [0.25, 0.3) is 0 Å². The molecule has 2 heterocycles. The van der Waals surface area contributed by atoms with Crippen molar-refractivity contribution in [3.63, 3.8) is 0 Å². The molecule has 2 aliphatic rings. The Morgan fingerprint density at radius 2 is 1.83 bits per heavy atom. The summed E-state index contributed by atoms with van der Waals surface area (Å²) in [7, 11) is 1.22. The number of carboxylic acids is 1. The number of aliphatic carboxylic acids is 1. The Balaban J connectivity index is 0.000000307. The van der Waals surface area contributed by atoms with E-state index in [1.54, 1.807) is 0 Å². The first-order valence-corrected chi connectivity index (χ1v) is 10.6. The molecule has 194 valence electrons. The number of aliphatic hydroxyl groups is 3. The van der Waals surface area contributed by atoms with Crippen molar-refractivity contribution in [2.45, 2.75) is 56.2 Å². The molecule has 1 saturated heterocycles. The second kappa shape index (κ2) is 12.4. The van der Waals surface area contributed by atoms with Crippen LogP contribution in [0.5, 0.6) is 17.2 Å². The molecule has 5 atom stereocenters. The Kier molecular flexibility index (Phi) is 9.83. The summed E-state index contributed by atoms with van der Waals surface area (Å²) in [5.41, 5.74) is -0.187. The van der Waals surface area contributed by atoms with E-state index in [4.69, 9.17) is 19.3 Å². The van der Waals surface area contributed by atoms with Gasteiger partial charge in [-0.3, -0.25) is 9.59 Å². The van der Waals surface area contributed by atoms with E-state index < -0.39 is 60.6 Å². The molecule has 0 aliphatic carbocycles. The SMILES string of the molecule is C=COC(=O)CCCCC(=O)O.COc1c(O)cc2c(c1O)C1OC(CO)C(O)C(O)C1OC2=O. The molecule has 2 aliphatic heterocycles. The predicted octanol–water partition coefficient (Wildman–Crippen LogP) is 0.117. The van der Waals surface area contributed by atoms with Crippen molar-refractivity contribution in [2.75, 3.05) is 13.7 Å². The minimum absolute atomic E-state index is 0.0368. The molecule has 0 saturated carbocycles. The van der Waals surface area contributed by atoms with Gasteiger partial charge in [0, 0.05) is 18.4 Å². The smallest absolute Gasteiger partial charge is 0.339 e. The van der Waals surface area contributed by atoms with E-state index in [0.29, 0.717) is 12.8 Å². The van der Waals surface area contributed by atoms with Gasteiger partial charge in [-0.2, -0.15) is 0 Å². The third kappa shape index (κ3) is 6.39. The van der Waals surface area contributed by atoms with Crippen molar-refractivity contribution >= 4 is 17.9 Å². The molecule has 1 aromatic rings. The highest BCUT2D eigenvalue weighted by molar-refractivity contribution is 5.95. The van der Waals surface area contributed by atoms with E-state index in [-0.39, 0.29) is 35.7 Å². The normalized spacial score (nSPS) is 24.6. The summed E-state index contributed by atoms with van der Waals surface area (Å²) < 4.78 is 19.9. The highest BCUT2D eigenvalue weighted by Gasteiger charge is 2.52. The van der Waals surface area contributed by atoms with Crippen LogP contribution in [-0.2, 0) is 23.8 Å². The number of fused-ring (bicyclic) bond motifs is 3. The van der Waals surface area contributed by atoms with Crippen LogP contribution in [0.1, 0.15) is 47.7 Å². The van der Waals surface area contributed by atoms with Gasteiger partial charge in [0.2, 0.25) is 5.75 Å². The summed E-state index contributed by atoms with van der Waals surface area (Å²) in [6, 6.07) is 1.06. The Morgan fingerprint density at radius 1 is 1.17 bits per heavy atom. The first kappa shape index (κ1) is 27.9. The highest BCUT2D eigenvalue weighted by atomic mass is 16.6. The monoisotopic (exact) mass is 500 g/mol. The second-order valence-electron chi connectivity index (χ2n) is 7.62. The first-order valence-electron chi connectivity index (χ1n) is 10.6. The van der Waals surface area contributed by atoms with Crippen LogP contribution >= 0.6 is 0 Å². The number of benzene rings is 1. The molecule has 6 N–H and O–H groups in total. The lowest BCUT2D eigenvalue weighted by Gasteiger charge is -2.44. The van der Waals surface area contributed by atoms with Crippen LogP contribution in [0.4, 0.5) is 0 Å². The van der Waals surface area contributed by atoms with E-state index in [1.165, 1.54) is 7.11 Å². The molecule has 0 bridgehead atoms. The second-order valence-corrected chi connectivity index (χ2v) is 7.62. The Labute approximate surface area is 199 Å². The molecule has 3 rings (SSSR count). The number of carbonyl (C=O) groups excluding carboxylic acids is 2. The number of rotatable bonds is 8. The summed E-state index contributed by atoms with van der Waals surface area (Å²) in [4.78, 5) is 32.7. The van der Waals surface area contributed by atoms with Crippen LogP contribution in [0.3, 0.4) is 0 Å². The van der Waals surface area contributed by atoms with E-state index in [1.807, 2.05) is 0 Å². The lowest BCUT2D eigenvalue weighted by Crippen LogP contribution is -2.58. The molecule has 35 heavy (non-hydrogen) atoms. The first-order chi connectivity index (χ1) is 16.6. The Bertz CT molecular complexity index is 944. The number of aromatic hydroxyl groups is 2. The van der Waals surface area contributed by atoms with Crippen molar-refractivity contribution in [3.8, 4) is 17.2 Å². The van der Waals surface area contributed by atoms with E-state index in [9.17, 15) is 39.9 Å². The Hall–Kier alpha value is -3.39. The van der Waals surface area contributed by atoms with Crippen LogP contribution in [0, 0.1) is 0 Å². The fourth-order valence-electron chi connectivity index (χ4n) is 3.65. The average molecular weight is 500 g/mol. The minimum atomic E-state index is -1.51. The van der Waals surface area contributed by atoms with Gasteiger partial charge in [-0.15, -0.1) is 0 Å². The molecule has 0 radical (unpaired) electrons. The predicted molar refractivity (Wildman–Crippen MR) is 115 cm³/mol. The summed E-state index contributed by atoms with van der Waals surface area (Å²) in [6.45, 7) is 2.64. The zero-order valence-electron chi connectivity index (χ0n) is 18.8. The lowest BCUT2D eigenvalue weighted by molar-refractivity contribution is -0.235. The fourth-order valence-corrected chi connectivity index (χ4v) is 3.65. The summed E-state index contributed by atoms with van der Waals surface area (Å²) >= 11 is 0.